The lowest BCUT2D eigenvalue weighted by molar-refractivity contribution is 0.173. The molecule has 3 nitrogen and oxygen atoms in total. The molecule has 2 aliphatic rings. The summed E-state index contributed by atoms with van der Waals surface area (Å²) >= 11 is 6.39. The molecular weight excluding hydrogens is 238 g/mol. The fourth-order valence-electron chi connectivity index (χ4n) is 2.66. The van der Waals surface area contributed by atoms with E-state index >= 15 is 0 Å². The first-order valence-electron chi connectivity index (χ1n) is 6.06. The lowest BCUT2D eigenvalue weighted by atomic mass is 9.71. The highest BCUT2D eigenvalue weighted by Crippen LogP contribution is 2.49. The van der Waals surface area contributed by atoms with E-state index < -0.39 is 0 Å². The number of rotatable bonds is 2. The number of halogens is 1. The number of nitrogens with two attached hydrogens (primary N) is 1. The second kappa shape index (κ2) is 3.79. The Labute approximate surface area is 106 Å². The molecule has 0 spiro atoms. The van der Waals surface area contributed by atoms with Crippen molar-refractivity contribution in [1.82, 2.24) is 0 Å². The van der Waals surface area contributed by atoms with E-state index in [1.165, 1.54) is 6.42 Å². The van der Waals surface area contributed by atoms with E-state index in [4.69, 9.17) is 26.8 Å². The van der Waals surface area contributed by atoms with Crippen LogP contribution in [0.1, 0.15) is 37.3 Å². The third-order valence-corrected chi connectivity index (χ3v) is 4.24. The van der Waals surface area contributed by atoms with Crippen molar-refractivity contribution < 1.29 is 9.47 Å². The van der Waals surface area contributed by atoms with Crippen molar-refractivity contribution in [3.05, 3.63) is 22.2 Å². The molecular formula is C13H16ClNO2. The van der Waals surface area contributed by atoms with E-state index in [9.17, 15) is 0 Å². The molecule has 4 heteroatoms. The van der Waals surface area contributed by atoms with Gasteiger partial charge in [-0.05, 0) is 42.9 Å². The maximum absolute atomic E-state index is 6.41. The second-order valence-corrected chi connectivity index (χ2v) is 5.19. The van der Waals surface area contributed by atoms with Crippen LogP contribution in [0.5, 0.6) is 11.5 Å². The third-order valence-electron chi connectivity index (χ3n) is 3.84. The molecule has 1 aromatic carbocycles. The summed E-state index contributed by atoms with van der Waals surface area (Å²) in [5.41, 5.74) is 8.44. The molecule has 0 atom stereocenters. The van der Waals surface area contributed by atoms with Crippen molar-refractivity contribution in [2.24, 2.45) is 5.73 Å². The summed E-state index contributed by atoms with van der Waals surface area (Å²) in [6, 6.07) is 2.02. The Morgan fingerprint density at radius 1 is 1.41 bits per heavy atom. The summed E-state index contributed by atoms with van der Waals surface area (Å²) in [7, 11) is 0. The monoisotopic (exact) mass is 253 g/mol. The van der Waals surface area contributed by atoms with Crippen LogP contribution in [0.3, 0.4) is 0 Å². The van der Waals surface area contributed by atoms with Crippen LogP contribution in [0, 0.1) is 0 Å². The van der Waals surface area contributed by atoms with Gasteiger partial charge in [0.15, 0.2) is 11.5 Å². The van der Waals surface area contributed by atoms with Crippen molar-refractivity contribution in [3.63, 3.8) is 0 Å². The summed E-state index contributed by atoms with van der Waals surface area (Å²) < 4.78 is 10.8. The van der Waals surface area contributed by atoms with Gasteiger partial charge in [0.25, 0.3) is 0 Å². The quantitative estimate of drug-likeness (QED) is 0.881. The van der Waals surface area contributed by atoms with Crippen LogP contribution >= 0.6 is 11.6 Å². The van der Waals surface area contributed by atoms with Gasteiger partial charge >= 0.3 is 0 Å². The van der Waals surface area contributed by atoms with E-state index in [0.717, 1.165) is 36.1 Å². The first-order chi connectivity index (χ1) is 8.15. The topological polar surface area (TPSA) is 44.5 Å². The Hall–Kier alpha value is -0.930. The maximum Gasteiger partial charge on any atom is 0.231 e. The maximum atomic E-state index is 6.41. The smallest absolute Gasteiger partial charge is 0.231 e. The number of hydrogen-bond donors (Lipinski definition) is 1. The Morgan fingerprint density at radius 2 is 2.18 bits per heavy atom. The number of fused-ring (bicyclic) bond motifs is 1. The Bertz CT molecular complexity index is 469. The molecule has 1 aliphatic heterocycles. The standard InChI is InChI=1S/C13H16ClNO2/c1-2-8-9(13(15)4-3-5-13)6-10-12(11(8)14)17-7-16-10/h6H,2-5,7,15H2,1H3. The Morgan fingerprint density at radius 3 is 2.76 bits per heavy atom. The molecule has 0 unspecified atom stereocenters. The molecule has 0 bridgehead atoms. The van der Waals surface area contributed by atoms with E-state index in [2.05, 4.69) is 6.92 Å². The molecule has 92 valence electrons. The van der Waals surface area contributed by atoms with Gasteiger partial charge in [0.1, 0.15) is 0 Å². The summed E-state index contributed by atoms with van der Waals surface area (Å²) in [5, 5.41) is 0.675. The van der Waals surface area contributed by atoms with Crippen LogP contribution in [0.15, 0.2) is 6.07 Å². The van der Waals surface area contributed by atoms with Crippen LogP contribution in [-0.4, -0.2) is 6.79 Å². The number of benzene rings is 1. The van der Waals surface area contributed by atoms with Crippen molar-refractivity contribution in [2.45, 2.75) is 38.1 Å². The largest absolute Gasteiger partial charge is 0.454 e. The molecule has 0 radical (unpaired) electrons. The minimum atomic E-state index is -0.212. The SMILES string of the molecule is CCc1c(C2(N)CCC2)cc2c(c1Cl)OCO2. The van der Waals surface area contributed by atoms with Crippen LogP contribution < -0.4 is 15.2 Å². The normalized spacial score (nSPS) is 20.2. The third kappa shape index (κ3) is 1.53. The average Bonchev–Trinajstić information content (AvgIpc) is 2.74. The van der Waals surface area contributed by atoms with Crippen LogP contribution in [0.4, 0.5) is 0 Å². The molecule has 0 saturated heterocycles. The van der Waals surface area contributed by atoms with Gasteiger partial charge in [0, 0.05) is 5.54 Å². The van der Waals surface area contributed by atoms with Crippen molar-refractivity contribution in [1.29, 1.82) is 0 Å². The first-order valence-corrected chi connectivity index (χ1v) is 6.44. The molecule has 1 aliphatic carbocycles. The zero-order valence-electron chi connectivity index (χ0n) is 9.88. The molecule has 17 heavy (non-hydrogen) atoms. The predicted octanol–water partition coefficient (Wildman–Crippen LogP) is 2.97. The Kier molecular flexibility index (Phi) is 2.49. The van der Waals surface area contributed by atoms with E-state index in [0.29, 0.717) is 10.8 Å². The molecule has 0 aromatic heterocycles. The van der Waals surface area contributed by atoms with E-state index in [1.807, 2.05) is 6.07 Å². The lowest BCUT2D eigenvalue weighted by Gasteiger charge is -2.40. The predicted molar refractivity (Wildman–Crippen MR) is 66.7 cm³/mol. The fourth-order valence-corrected chi connectivity index (χ4v) is 3.04. The first kappa shape index (κ1) is 11.2. The molecule has 1 heterocycles. The summed E-state index contributed by atoms with van der Waals surface area (Å²) in [5.74, 6) is 1.41. The van der Waals surface area contributed by atoms with Gasteiger partial charge in [-0.2, -0.15) is 0 Å². The van der Waals surface area contributed by atoms with Gasteiger partial charge in [-0.25, -0.2) is 0 Å². The fraction of sp³-hybridized carbons (Fsp3) is 0.538. The highest BCUT2D eigenvalue weighted by molar-refractivity contribution is 6.33. The van der Waals surface area contributed by atoms with Gasteiger partial charge in [0.05, 0.1) is 5.02 Å². The molecule has 1 fully saturated rings. The van der Waals surface area contributed by atoms with Crippen LogP contribution in [0.2, 0.25) is 5.02 Å². The summed E-state index contributed by atoms with van der Waals surface area (Å²) in [6.45, 7) is 2.34. The minimum Gasteiger partial charge on any atom is -0.454 e. The van der Waals surface area contributed by atoms with E-state index in [-0.39, 0.29) is 12.3 Å². The Balaban J connectivity index is 2.17. The zero-order valence-corrected chi connectivity index (χ0v) is 10.6. The second-order valence-electron chi connectivity index (χ2n) is 4.81. The van der Waals surface area contributed by atoms with Gasteiger partial charge in [-0.15, -0.1) is 0 Å². The van der Waals surface area contributed by atoms with Crippen molar-refractivity contribution in [3.8, 4) is 11.5 Å². The average molecular weight is 254 g/mol. The summed E-state index contributed by atoms with van der Waals surface area (Å²) in [4.78, 5) is 0. The van der Waals surface area contributed by atoms with Gasteiger partial charge in [-0.1, -0.05) is 18.5 Å². The van der Waals surface area contributed by atoms with Crippen molar-refractivity contribution in [2.75, 3.05) is 6.79 Å². The highest BCUT2D eigenvalue weighted by atomic mass is 35.5. The number of hydrogen-bond acceptors (Lipinski definition) is 3. The van der Waals surface area contributed by atoms with E-state index in [1.54, 1.807) is 0 Å². The molecule has 1 aromatic rings. The minimum absolute atomic E-state index is 0.212. The lowest BCUT2D eigenvalue weighted by Crippen LogP contribution is -2.44. The molecule has 1 saturated carbocycles. The van der Waals surface area contributed by atoms with Crippen molar-refractivity contribution >= 4 is 11.6 Å². The van der Waals surface area contributed by atoms with Crippen LogP contribution in [-0.2, 0) is 12.0 Å². The van der Waals surface area contributed by atoms with Gasteiger partial charge < -0.3 is 15.2 Å². The highest BCUT2D eigenvalue weighted by Gasteiger charge is 2.38. The molecule has 2 N–H and O–H groups in total. The van der Waals surface area contributed by atoms with Gasteiger partial charge in [-0.3, -0.25) is 0 Å². The molecule has 3 rings (SSSR count). The summed E-state index contributed by atoms with van der Waals surface area (Å²) in [6.07, 6.45) is 4.10. The zero-order chi connectivity index (χ0) is 12.0. The molecule has 0 amide bonds. The van der Waals surface area contributed by atoms with Crippen LogP contribution in [0.25, 0.3) is 0 Å². The number of ether oxygens (including phenoxy) is 2. The van der Waals surface area contributed by atoms with Gasteiger partial charge in [0.2, 0.25) is 6.79 Å².